The predicted molar refractivity (Wildman–Crippen MR) is 97.2 cm³/mol. The Morgan fingerprint density at radius 3 is 2.69 bits per heavy atom. The fourth-order valence-corrected chi connectivity index (χ4v) is 2.48. The Morgan fingerprint density at radius 1 is 1.27 bits per heavy atom. The summed E-state index contributed by atoms with van der Waals surface area (Å²) < 4.78 is 5.12. The molecule has 0 bridgehead atoms. The van der Waals surface area contributed by atoms with Crippen molar-refractivity contribution in [2.45, 2.75) is 6.61 Å². The maximum Gasteiger partial charge on any atom is 0.270 e. The minimum Gasteiger partial charge on any atom is -0.497 e. The molecule has 3 N–H and O–H groups in total. The van der Waals surface area contributed by atoms with Crippen LogP contribution in [-0.2, 0) is 6.61 Å². The van der Waals surface area contributed by atoms with Crippen LogP contribution in [0.5, 0.6) is 5.75 Å². The SMILES string of the molecule is COc1ccc(-c2nc(Nc3cccc(CO)c3)[nH]c(=O)c2C#N)cc1. The summed E-state index contributed by atoms with van der Waals surface area (Å²) in [4.78, 5) is 19.2. The molecule has 7 nitrogen and oxygen atoms in total. The summed E-state index contributed by atoms with van der Waals surface area (Å²) in [5.41, 5.74) is 1.69. The molecule has 0 aliphatic carbocycles. The number of hydrogen-bond acceptors (Lipinski definition) is 6. The third-order valence-electron chi connectivity index (χ3n) is 3.77. The molecule has 0 aliphatic heterocycles. The number of hydrogen-bond donors (Lipinski definition) is 3. The van der Waals surface area contributed by atoms with Gasteiger partial charge in [-0.05, 0) is 42.0 Å². The second-order valence-corrected chi connectivity index (χ2v) is 5.46. The Hall–Kier alpha value is -3.63. The standard InChI is InChI=1S/C19H16N4O3/c1-26-15-7-5-13(6-8-15)17-16(10-20)18(25)23-19(22-17)21-14-4-2-3-12(9-14)11-24/h2-9,24H,11H2,1H3,(H2,21,22,23,25). The summed E-state index contributed by atoms with van der Waals surface area (Å²) in [6, 6.07) is 15.9. The normalized spacial score (nSPS) is 10.2. The average Bonchev–Trinajstić information content (AvgIpc) is 2.68. The lowest BCUT2D eigenvalue weighted by Crippen LogP contribution is -2.16. The van der Waals surface area contributed by atoms with Crippen LogP contribution in [0.15, 0.2) is 53.3 Å². The molecular weight excluding hydrogens is 332 g/mol. The minimum atomic E-state index is -0.533. The molecule has 130 valence electrons. The number of aromatic amines is 1. The number of nitrogens with one attached hydrogen (secondary N) is 2. The number of H-pyrrole nitrogens is 1. The van der Waals surface area contributed by atoms with Crippen molar-refractivity contribution in [3.05, 3.63) is 70.0 Å². The second kappa shape index (κ2) is 7.51. The lowest BCUT2D eigenvalue weighted by molar-refractivity contribution is 0.282. The Kier molecular flexibility index (Phi) is 4.97. The third-order valence-corrected chi connectivity index (χ3v) is 3.77. The van der Waals surface area contributed by atoms with Crippen molar-refractivity contribution in [2.75, 3.05) is 12.4 Å². The summed E-state index contributed by atoms with van der Waals surface area (Å²) in [5.74, 6) is 0.867. The number of anilines is 2. The second-order valence-electron chi connectivity index (χ2n) is 5.46. The quantitative estimate of drug-likeness (QED) is 0.653. The van der Waals surface area contributed by atoms with E-state index < -0.39 is 5.56 Å². The van der Waals surface area contributed by atoms with Crippen LogP contribution in [-0.4, -0.2) is 22.2 Å². The summed E-state index contributed by atoms with van der Waals surface area (Å²) in [5, 5.41) is 21.5. The van der Waals surface area contributed by atoms with Gasteiger partial charge in [-0.1, -0.05) is 12.1 Å². The van der Waals surface area contributed by atoms with Crippen LogP contribution in [0.4, 0.5) is 11.6 Å². The van der Waals surface area contributed by atoms with Crippen LogP contribution in [0.1, 0.15) is 11.1 Å². The van der Waals surface area contributed by atoms with Gasteiger partial charge in [-0.25, -0.2) is 4.98 Å². The lowest BCUT2D eigenvalue weighted by atomic mass is 10.1. The molecule has 0 spiro atoms. The van der Waals surface area contributed by atoms with Crippen molar-refractivity contribution in [1.82, 2.24) is 9.97 Å². The molecule has 0 unspecified atom stereocenters. The zero-order valence-corrected chi connectivity index (χ0v) is 14.0. The molecule has 0 fully saturated rings. The van der Waals surface area contributed by atoms with Crippen molar-refractivity contribution in [3.63, 3.8) is 0 Å². The van der Waals surface area contributed by atoms with Gasteiger partial charge in [-0.15, -0.1) is 0 Å². The highest BCUT2D eigenvalue weighted by molar-refractivity contribution is 5.68. The number of ether oxygens (including phenoxy) is 1. The molecule has 26 heavy (non-hydrogen) atoms. The lowest BCUT2D eigenvalue weighted by Gasteiger charge is -2.10. The first-order chi connectivity index (χ1) is 12.6. The molecule has 0 saturated heterocycles. The molecule has 2 aromatic carbocycles. The van der Waals surface area contributed by atoms with E-state index in [9.17, 15) is 15.2 Å². The maximum absolute atomic E-state index is 12.3. The number of nitriles is 1. The average molecular weight is 348 g/mol. The number of aliphatic hydroxyl groups is 1. The summed E-state index contributed by atoms with van der Waals surface area (Å²) in [6.45, 7) is -0.0933. The van der Waals surface area contributed by atoms with Crippen LogP contribution >= 0.6 is 0 Å². The van der Waals surface area contributed by atoms with Crippen LogP contribution in [0, 0.1) is 11.3 Å². The number of nitrogens with zero attached hydrogens (tertiary/aromatic N) is 2. The molecule has 1 aromatic heterocycles. The summed E-state index contributed by atoms with van der Waals surface area (Å²) in [6.07, 6.45) is 0. The number of benzene rings is 2. The van der Waals surface area contributed by atoms with Gasteiger partial charge in [0.1, 0.15) is 17.4 Å². The zero-order valence-electron chi connectivity index (χ0n) is 14.0. The first-order valence-corrected chi connectivity index (χ1v) is 7.80. The fraction of sp³-hybridized carbons (Fsp3) is 0.105. The van der Waals surface area contributed by atoms with Gasteiger partial charge in [0, 0.05) is 11.3 Å². The van der Waals surface area contributed by atoms with E-state index in [1.807, 2.05) is 6.07 Å². The predicted octanol–water partition coefficient (Wildman–Crippen LogP) is 2.55. The van der Waals surface area contributed by atoms with Gasteiger partial charge in [-0.2, -0.15) is 5.26 Å². The third kappa shape index (κ3) is 3.55. The van der Waals surface area contributed by atoms with Crippen molar-refractivity contribution < 1.29 is 9.84 Å². The Morgan fingerprint density at radius 2 is 2.04 bits per heavy atom. The largest absolute Gasteiger partial charge is 0.497 e. The number of aliphatic hydroxyl groups excluding tert-OH is 1. The Bertz CT molecular complexity index is 1020. The molecular formula is C19H16N4O3. The number of aromatic nitrogens is 2. The highest BCUT2D eigenvalue weighted by atomic mass is 16.5. The van der Waals surface area contributed by atoms with E-state index >= 15 is 0 Å². The van der Waals surface area contributed by atoms with Gasteiger partial charge >= 0.3 is 0 Å². The van der Waals surface area contributed by atoms with E-state index in [0.717, 1.165) is 5.56 Å². The van der Waals surface area contributed by atoms with Gasteiger partial charge in [0.2, 0.25) is 5.95 Å². The highest BCUT2D eigenvalue weighted by Gasteiger charge is 2.13. The first kappa shape index (κ1) is 17.2. The molecule has 3 aromatic rings. The van der Waals surface area contributed by atoms with Gasteiger partial charge < -0.3 is 15.2 Å². The van der Waals surface area contributed by atoms with Crippen molar-refractivity contribution >= 4 is 11.6 Å². The Labute approximate surface area is 149 Å². The topological polar surface area (TPSA) is 111 Å². The molecule has 0 atom stereocenters. The molecule has 0 aliphatic rings. The van der Waals surface area contributed by atoms with Crippen LogP contribution in [0.3, 0.4) is 0 Å². The zero-order chi connectivity index (χ0) is 18.5. The molecule has 0 radical (unpaired) electrons. The van der Waals surface area contributed by atoms with Crippen LogP contribution in [0.25, 0.3) is 11.3 Å². The maximum atomic E-state index is 12.3. The summed E-state index contributed by atoms with van der Waals surface area (Å²) >= 11 is 0. The highest BCUT2D eigenvalue weighted by Crippen LogP contribution is 2.24. The van der Waals surface area contributed by atoms with Crippen molar-refractivity contribution in [2.24, 2.45) is 0 Å². The van der Waals surface area contributed by atoms with Gasteiger partial charge in [0.05, 0.1) is 19.4 Å². The van der Waals surface area contributed by atoms with Gasteiger partial charge in [-0.3, -0.25) is 9.78 Å². The van der Waals surface area contributed by atoms with Crippen molar-refractivity contribution in [3.8, 4) is 23.1 Å². The van der Waals surface area contributed by atoms with E-state index in [2.05, 4.69) is 15.3 Å². The van der Waals surface area contributed by atoms with Crippen molar-refractivity contribution in [1.29, 1.82) is 5.26 Å². The number of rotatable bonds is 5. The van der Waals surface area contributed by atoms with Gasteiger partial charge in [0.25, 0.3) is 5.56 Å². The van der Waals surface area contributed by atoms with Gasteiger partial charge in [0.15, 0.2) is 0 Å². The minimum absolute atomic E-state index is 0.0650. The molecule has 3 rings (SSSR count). The van der Waals surface area contributed by atoms with E-state index in [1.165, 1.54) is 0 Å². The number of methoxy groups -OCH3 is 1. The van der Waals surface area contributed by atoms with E-state index in [-0.39, 0.29) is 23.8 Å². The van der Waals surface area contributed by atoms with E-state index in [4.69, 9.17) is 4.74 Å². The smallest absolute Gasteiger partial charge is 0.270 e. The monoisotopic (exact) mass is 348 g/mol. The van der Waals surface area contributed by atoms with E-state index in [0.29, 0.717) is 17.0 Å². The first-order valence-electron chi connectivity index (χ1n) is 7.80. The summed E-state index contributed by atoms with van der Waals surface area (Å²) in [7, 11) is 1.56. The van der Waals surface area contributed by atoms with E-state index in [1.54, 1.807) is 55.6 Å². The Balaban J connectivity index is 2.03. The van der Waals surface area contributed by atoms with Crippen LogP contribution < -0.4 is 15.6 Å². The molecule has 0 amide bonds. The molecule has 7 heteroatoms. The molecule has 1 heterocycles. The molecule has 0 saturated carbocycles. The van der Waals surface area contributed by atoms with Crippen LogP contribution in [0.2, 0.25) is 0 Å². The fourth-order valence-electron chi connectivity index (χ4n) is 2.48.